The minimum absolute atomic E-state index is 0.0808. The molecule has 1 aromatic rings. The maximum Gasteiger partial charge on any atom is 0.225 e. The smallest absolute Gasteiger partial charge is 0.225 e. The van der Waals surface area contributed by atoms with Gasteiger partial charge >= 0.3 is 0 Å². The summed E-state index contributed by atoms with van der Waals surface area (Å²) >= 11 is 0. The summed E-state index contributed by atoms with van der Waals surface area (Å²) in [5.74, 6) is 1.50. The van der Waals surface area contributed by atoms with Crippen molar-refractivity contribution in [3.63, 3.8) is 0 Å². The van der Waals surface area contributed by atoms with Crippen molar-refractivity contribution in [2.45, 2.75) is 32.1 Å². The van der Waals surface area contributed by atoms with Gasteiger partial charge in [0.15, 0.2) is 0 Å². The average Bonchev–Trinajstić information content (AvgIpc) is 3.12. The number of pyridine rings is 1. The molecule has 3 rings (SSSR count). The van der Waals surface area contributed by atoms with Crippen LogP contribution in [-0.2, 0) is 4.79 Å². The van der Waals surface area contributed by atoms with Gasteiger partial charge in [-0.3, -0.25) is 4.79 Å². The Morgan fingerprint density at radius 1 is 1.35 bits per heavy atom. The quantitative estimate of drug-likeness (QED) is 0.856. The van der Waals surface area contributed by atoms with Crippen molar-refractivity contribution in [3.8, 4) is 0 Å². The highest BCUT2D eigenvalue weighted by Crippen LogP contribution is 2.22. The first-order valence-corrected chi connectivity index (χ1v) is 7.49. The zero-order valence-electron chi connectivity index (χ0n) is 11.7. The van der Waals surface area contributed by atoms with Crippen LogP contribution >= 0.6 is 0 Å². The maximum atomic E-state index is 11.9. The van der Waals surface area contributed by atoms with E-state index in [9.17, 15) is 4.79 Å². The van der Waals surface area contributed by atoms with Crippen molar-refractivity contribution in [2.75, 3.05) is 23.3 Å². The van der Waals surface area contributed by atoms with Crippen LogP contribution in [0.2, 0.25) is 0 Å². The van der Waals surface area contributed by atoms with Crippen LogP contribution in [0, 0.1) is 5.92 Å². The zero-order chi connectivity index (χ0) is 13.8. The molecule has 1 atom stereocenters. The molecule has 1 N–H and O–H groups in total. The molecule has 2 aliphatic rings. The highest BCUT2D eigenvalue weighted by Gasteiger charge is 2.15. The molecule has 1 aliphatic heterocycles. The van der Waals surface area contributed by atoms with Crippen molar-refractivity contribution >= 4 is 17.4 Å². The van der Waals surface area contributed by atoms with E-state index in [2.05, 4.69) is 27.4 Å². The summed E-state index contributed by atoms with van der Waals surface area (Å²) in [5.41, 5.74) is 0.792. The van der Waals surface area contributed by atoms with Crippen molar-refractivity contribution in [1.82, 2.24) is 4.98 Å². The van der Waals surface area contributed by atoms with Gasteiger partial charge in [-0.15, -0.1) is 0 Å². The number of hydrogen-bond donors (Lipinski definition) is 1. The van der Waals surface area contributed by atoms with Gasteiger partial charge in [0.25, 0.3) is 0 Å². The van der Waals surface area contributed by atoms with Crippen molar-refractivity contribution in [3.05, 3.63) is 30.5 Å². The van der Waals surface area contributed by atoms with E-state index >= 15 is 0 Å². The number of rotatable bonds is 4. The fraction of sp³-hybridized carbons (Fsp3) is 0.500. The van der Waals surface area contributed by atoms with Gasteiger partial charge in [-0.25, -0.2) is 4.98 Å². The minimum Gasteiger partial charge on any atom is -0.357 e. The standard InChI is InChI=1S/C16H21N3O/c20-16(11-13-5-1-2-6-13)18-14-7-8-15(17-12-14)19-9-3-4-10-19/h1,5,7-8,12-13H,2-4,6,9-11H2,(H,18,20)/t13-/m0/s1. The van der Waals surface area contributed by atoms with Crippen LogP contribution in [0.4, 0.5) is 11.5 Å². The summed E-state index contributed by atoms with van der Waals surface area (Å²) in [6.07, 6.45) is 11.3. The first-order chi connectivity index (χ1) is 9.81. The van der Waals surface area contributed by atoms with E-state index in [0.717, 1.165) is 37.4 Å². The van der Waals surface area contributed by atoms with E-state index in [1.54, 1.807) is 6.20 Å². The molecule has 4 nitrogen and oxygen atoms in total. The zero-order valence-corrected chi connectivity index (χ0v) is 11.7. The molecule has 0 bridgehead atoms. The first-order valence-electron chi connectivity index (χ1n) is 7.49. The van der Waals surface area contributed by atoms with Crippen molar-refractivity contribution in [2.24, 2.45) is 5.92 Å². The molecule has 1 fully saturated rings. The number of aromatic nitrogens is 1. The Hall–Kier alpha value is -1.84. The predicted molar refractivity (Wildman–Crippen MR) is 80.8 cm³/mol. The van der Waals surface area contributed by atoms with Gasteiger partial charge in [-0.05, 0) is 43.7 Å². The highest BCUT2D eigenvalue weighted by atomic mass is 16.1. The highest BCUT2D eigenvalue weighted by molar-refractivity contribution is 5.90. The minimum atomic E-state index is 0.0808. The Kier molecular flexibility index (Phi) is 4.00. The lowest BCUT2D eigenvalue weighted by atomic mass is 10.1. The number of hydrogen-bond acceptors (Lipinski definition) is 3. The van der Waals surface area contributed by atoms with E-state index in [1.807, 2.05) is 12.1 Å². The lowest BCUT2D eigenvalue weighted by Gasteiger charge is -2.16. The Balaban J connectivity index is 1.54. The van der Waals surface area contributed by atoms with Crippen LogP contribution in [0.3, 0.4) is 0 Å². The van der Waals surface area contributed by atoms with Crippen molar-refractivity contribution in [1.29, 1.82) is 0 Å². The molecule has 0 radical (unpaired) electrons. The van der Waals surface area contributed by atoms with Crippen LogP contribution in [0.5, 0.6) is 0 Å². The molecule has 1 amide bonds. The fourth-order valence-electron chi connectivity index (χ4n) is 2.91. The summed E-state index contributed by atoms with van der Waals surface area (Å²) in [5, 5.41) is 2.93. The number of carbonyl (C=O) groups excluding carboxylic acids is 1. The molecular weight excluding hydrogens is 250 g/mol. The SMILES string of the molecule is O=C(C[C@H]1C=CCC1)Nc1ccc(N2CCCC2)nc1. The number of carbonyl (C=O) groups is 1. The molecule has 0 saturated carbocycles. The molecule has 1 aromatic heterocycles. The van der Waals surface area contributed by atoms with E-state index in [0.29, 0.717) is 12.3 Å². The molecule has 2 heterocycles. The van der Waals surface area contributed by atoms with Gasteiger partial charge < -0.3 is 10.2 Å². The Labute approximate surface area is 119 Å². The third kappa shape index (κ3) is 3.18. The monoisotopic (exact) mass is 271 g/mol. The molecule has 0 aromatic carbocycles. The second-order valence-electron chi connectivity index (χ2n) is 5.62. The summed E-state index contributed by atoms with van der Waals surface area (Å²) in [7, 11) is 0. The van der Waals surface area contributed by atoms with Crippen LogP contribution in [-0.4, -0.2) is 24.0 Å². The molecule has 0 spiro atoms. The van der Waals surface area contributed by atoms with Crippen molar-refractivity contribution < 1.29 is 4.79 Å². The van der Waals surface area contributed by atoms with E-state index in [-0.39, 0.29) is 5.91 Å². The van der Waals surface area contributed by atoms with Gasteiger partial charge in [0.2, 0.25) is 5.91 Å². The Bertz CT molecular complexity index is 489. The number of amides is 1. The summed E-state index contributed by atoms with van der Waals surface area (Å²) < 4.78 is 0. The predicted octanol–water partition coefficient (Wildman–Crippen LogP) is 2.98. The maximum absolute atomic E-state index is 11.9. The lowest BCUT2D eigenvalue weighted by Crippen LogP contribution is -2.19. The lowest BCUT2D eigenvalue weighted by molar-refractivity contribution is -0.116. The largest absolute Gasteiger partial charge is 0.357 e. The van der Waals surface area contributed by atoms with Crippen LogP contribution in [0.15, 0.2) is 30.5 Å². The Morgan fingerprint density at radius 3 is 2.85 bits per heavy atom. The van der Waals surface area contributed by atoms with E-state index in [1.165, 1.54) is 12.8 Å². The molecule has 106 valence electrons. The first kappa shape index (κ1) is 13.2. The van der Waals surface area contributed by atoms with Gasteiger partial charge in [-0.1, -0.05) is 12.2 Å². The van der Waals surface area contributed by atoms with E-state index in [4.69, 9.17) is 0 Å². The van der Waals surface area contributed by atoms with Gasteiger partial charge in [0.05, 0.1) is 11.9 Å². The van der Waals surface area contributed by atoms with E-state index < -0.39 is 0 Å². The normalized spacial score (nSPS) is 21.4. The topological polar surface area (TPSA) is 45.2 Å². The molecule has 20 heavy (non-hydrogen) atoms. The van der Waals surface area contributed by atoms with Crippen LogP contribution < -0.4 is 10.2 Å². The summed E-state index contributed by atoms with van der Waals surface area (Å²) in [6.45, 7) is 2.18. The van der Waals surface area contributed by atoms with Gasteiger partial charge in [-0.2, -0.15) is 0 Å². The second kappa shape index (κ2) is 6.07. The second-order valence-corrected chi connectivity index (χ2v) is 5.62. The average molecular weight is 271 g/mol. The third-order valence-electron chi connectivity index (χ3n) is 4.02. The summed E-state index contributed by atoms with van der Waals surface area (Å²) in [6, 6.07) is 3.94. The third-order valence-corrected chi connectivity index (χ3v) is 4.02. The molecular formula is C16H21N3O. The number of allylic oxidation sites excluding steroid dienone is 2. The van der Waals surface area contributed by atoms with Crippen LogP contribution in [0.1, 0.15) is 32.1 Å². The number of nitrogens with one attached hydrogen (secondary N) is 1. The fourth-order valence-corrected chi connectivity index (χ4v) is 2.91. The van der Waals surface area contributed by atoms with Gasteiger partial charge in [0, 0.05) is 19.5 Å². The molecule has 1 saturated heterocycles. The number of nitrogens with zero attached hydrogens (tertiary/aromatic N) is 2. The van der Waals surface area contributed by atoms with Gasteiger partial charge in [0.1, 0.15) is 5.82 Å². The number of anilines is 2. The summed E-state index contributed by atoms with van der Waals surface area (Å²) in [4.78, 5) is 18.7. The molecule has 1 aliphatic carbocycles. The Morgan fingerprint density at radius 2 is 2.20 bits per heavy atom. The molecule has 0 unspecified atom stereocenters. The van der Waals surface area contributed by atoms with Crippen LogP contribution in [0.25, 0.3) is 0 Å². The molecule has 4 heteroatoms.